The van der Waals surface area contributed by atoms with Crippen molar-refractivity contribution in [2.45, 2.75) is 12.8 Å². The fourth-order valence-electron chi connectivity index (χ4n) is 3.42. The monoisotopic (exact) mass is 424 g/mol. The Morgan fingerprint density at radius 1 is 1.17 bits per heavy atom. The van der Waals surface area contributed by atoms with E-state index in [-0.39, 0.29) is 11.8 Å². The molecule has 3 aromatic rings. The third-order valence-electron chi connectivity index (χ3n) is 5.01. The maximum absolute atomic E-state index is 12.7. The van der Waals surface area contributed by atoms with Gasteiger partial charge in [-0.1, -0.05) is 23.7 Å². The first-order chi connectivity index (χ1) is 14.6. The Hall–Kier alpha value is -3.26. The third kappa shape index (κ3) is 4.65. The maximum Gasteiger partial charge on any atom is 0.230 e. The largest absolute Gasteiger partial charge is 0.481 e. The zero-order valence-corrected chi connectivity index (χ0v) is 17.2. The van der Waals surface area contributed by atoms with Gasteiger partial charge in [-0.15, -0.1) is 10.2 Å². The van der Waals surface area contributed by atoms with Gasteiger partial charge in [-0.2, -0.15) is 0 Å². The van der Waals surface area contributed by atoms with Crippen LogP contribution < -0.4 is 15.0 Å². The highest BCUT2D eigenvalue weighted by molar-refractivity contribution is 6.30. The first-order valence-corrected chi connectivity index (χ1v) is 10.0. The van der Waals surface area contributed by atoms with Crippen LogP contribution in [0.4, 0.5) is 11.6 Å². The summed E-state index contributed by atoms with van der Waals surface area (Å²) in [6.45, 7) is 1.41. The molecule has 0 spiro atoms. The lowest BCUT2D eigenvalue weighted by Gasteiger charge is -2.32. The molecular formula is C21H21ClN6O2. The molecule has 1 saturated heterocycles. The van der Waals surface area contributed by atoms with E-state index in [0.29, 0.717) is 23.3 Å². The standard InChI is InChI=1S/C21H21ClN6O2/c1-30-20-11-18(23-13-24-20)25-21(29)15-3-2-10-28(12-15)19-9-8-17(26-27-19)14-4-6-16(22)7-5-14/h4-9,11,13,15H,2-3,10,12H2,1H3,(H,23,24,25,29)/t15-/m1/s1. The number of ether oxygens (including phenoxy) is 1. The summed E-state index contributed by atoms with van der Waals surface area (Å²) in [7, 11) is 1.52. The lowest BCUT2D eigenvalue weighted by atomic mass is 9.97. The number of piperidine rings is 1. The molecule has 1 aliphatic rings. The summed E-state index contributed by atoms with van der Waals surface area (Å²) >= 11 is 5.94. The Balaban J connectivity index is 1.41. The molecule has 4 rings (SSSR count). The van der Waals surface area contributed by atoms with Crippen LogP contribution in [0.1, 0.15) is 12.8 Å². The van der Waals surface area contributed by atoms with Gasteiger partial charge < -0.3 is 15.0 Å². The van der Waals surface area contributed by atoms with Gasteiger partial charge in [0.25, 0.3) is 0 Å². The Labute approximate surface area is 179 Å². The van der Waals surface area contributed by atoms with Gasteiger partial charge in [0.05, 0.1) is 18.7 Å². The minimum Gasteiger partial charge on any atom is -0.481 e. The van der Waals surface area contributed by atoms with Gasteiger partial charge in [0.1, 0.15) is 12.1 Å². The molecule has 1 atom stereocenters. The van der Waals surface area contributed by atoms with Crippen molar-refractivity contribution in [3.8, 4) is 17.1 Å². The number of nitrogens with one attached hydrogen (secondary N) is 1. The number of amides is 1. The minimum absolute atomic E-state index is 0.0776. The summed E-state index contributed by atoms with van der Waals surface area (Å²) < 4.78 is 5.07. The molecule has 30 heavy (non-hydrogen) atoms. The molecule has 0 aliphatic carbocycles. The highest BCUT2D eigenvalue weighted by Crippen LogP contribution is 2.25. The van der Waals surface area contributed by atoms with Gasteiger partial charge in [0.2, 0.25) is 11.8 Å². The summed E-state index contributed by atoms with van der Waals surface area (Å²) in [6, 6.07) is 12.9. The molecule has 9 heteroatoms. The number of benzene rings is 1. The topological polar surface area (TPSA) is 93.1 Å². The number of carbonyl (C=O) groups is 1. The number of nitrogens with zero attached hydrogens (tertiary/aromatic N) is 5. The first kappa shape index (κ1) is 20.0. The van der Waals surface area contributed by atoms with Crippen LogP contribution >= 0.6 is 11.6 Å². The average molecular weight is 425 g/mol. The van der Waals surface area contributed by atoms with E-state index in [1.54, 1.807) is 6.07 Å². The Kier molecular flexibility index (Phi) is 6.04. The van der Waals surface area contributed by atoms with Crippen molar-refractivity contribution >= 4 is 29.1 Å². The number of halogens is 1. The number of aromatic nitrogens is 4. The zero-order valence-electron chi connectivity index (χ0n) is 16.5. The Morgan fingerprint density at radius 2 is 2.00 bits per heavy atom. The average Bonchev–Trinajstić information content (AvgIpc) is 2.80. The van der Waals surface area contributed by atoms with Crippen LogP contribution in [0.3, 0.4) is 0 Å². The zero-order chi connectivity index (χ0) is 20.9. The van der Waals surface area contributed by atoms with Gasteiger partial charge >= 0.3 is 0 Å². The predicted molar refractivity (Wildman–Crippen MR) is 115 cm³/mol. The van der Waals surface area contributed by atoms with E-state index in [2.05, 4.69) is 30.4 Å². The number of hydrogen-bond acceptors (Lipinski definition) is 7. The highest BCUT2D eigenvalue weighted by Gasteiger charge is 2.27. The molecule has 1 amide bonds. The summed E-state index contributed by atoms with van der Waals surface area (Å²) in [5.74, 6) is 1.34. The van der Waals surface area contributed by atoms with E-state index in [4.69, 9.17) is 16.3 Å². The molecule has 154 valence electrons. The second kappa shape index (κ2) is 9.04. The van der Waals surface area contributed by atoms with E-state index in [9.17, 15) is 4.79 Å². The van der Waals surface area contributed by atoms with Gasteiger partial charge in [-0.25, -0.2) is 9.97 Å². The number of carbonyl (C=O) groups excluding carboxylic acids is 1. The molecule has 8 nitrogen and oxygen atoms in total. The normalized spacial score (nSPS) is 16.2. The molecule has 0 bridgehead atoms. The van der Waals surface area contributed by atoms with Crippen molar-refractivity contribution in [2.24, 2.45) is 5.92 Å². The molecule has 0 saturated carbocycles. The second-order valence-corrected chi connectivity index (χ2v) is 7.44. The Bertz CT molecular complexity index is 1010. The van der Waals surface area contributed by atoms with Gasteiger partial charge in [-0.3, -0.25) is 4.79 Å². The molecule has 0 unspecified atom stereocenters. The maximum atomic E-state index is 12.7. The Morgan fingerprint density at radius 3 is 2.73 bits per heavy atom. The number of rotatable bonds is 5. The van der Waals surface area contributed by atoms with Gasteiger partial charge in [0, 0.05) is 29.7 Å². The van der Waals surface area contributed by atoms with Crippen LogP contribution in [-0.4, -0.2) is 46.3 Å². The first-order valence-electron chi connectivity index (χ1n) is 9.64. The molecule has 2 aromatic heterocycles. The fourth-order valence-corrected chi connectivity index (χ4v) is 3.54. The van der Waals surface area contributed by atoms with Crippen molar-refractivity contribution in [3.05, 3.63) is 53.8 Å². The van der Waals surface area contributed by atoms with Crippen LogP contribution in [0.5, 0.6) is 5.88 Å². The summed E-state index contributed by atoms with van der Waals surface area (Å²) in [6.07, 6.45) is 3.06. The van der Waals surface area contributed by atoms with E-state index in [0.717, 1.165) is 36.5 Å². The SMILES string of the molecule is COc1cc(NC(=O)[C@@H]2CCCN(c3ccc(-c4ccc(Cl)cc4)nn3)C2)ncn1. The van der Waals surface area contributed by atoms with Crippen LogP contribution in [0, 0.1) is 5.92 Å². The molecule has 0 radical (unpaired) electrons. The lowest BCUT2D eigenvalue weighted by molar-refractivity contribution is -0.120. The smallest absolute Gasteiger partial charge is 0.230 e. The van der Waals surface area contributed by atoms with Crippen molar-refractivity contribution in [1.82, 2.24) is 20.2 Å². The van der Waals surface area contributed by atoms with E-state index >= 15 is 0 Å². The highest BCUT2D eigenvalue weighted by atomic mass is 35.5. The van der Waals surface area contributed by atoms with E-state index < -0.39 is 0 Å². The van der Waals surface area contributed by atoms with E-state index in [1.165, 1.54) is 13.4 Å². The summed E-state index contributed by atoms with van der Waals surface area (Å²) in [4.78, 5) is 22.8. The molecule has 1 fully saturated rings. The van der Waals surface area contributed by atoms with E-state index in [1.807, 2.05) is 36.4 Å². The number of anilines is 2. The quantitative estimate of drug-likeness (QED) is 0.670. The molecule has 3 heterocycles. The third-order valence-corrected chi connectivity index (χ3v) is 5.26. The summed E-state index contributed by atoms with van der Waals surface area (Å²) in [5, 5.41) is 12.3. The van der Waals surface area contributed by atoms with Crippen LogP contribution in [0.25, 0.3) is 11.3 Å². The van der Waals surface area contributed by atoms with Gasteiger partial charge in [-0.05, 0) is 37.1 Å². The molecular weight excluding hydrogens is 404 g/mol. The number of methoxy groups -OCH3 is 1. The van der Waals surface area contributed by atoms with Crippen LogP contribution in [0.15, 0.2) is 48.8 Å². The van der Waals surface area contributed by atoms with Crippen LogP contribution in [0.2, 0.25) is 5.02 Å². The van der Waals surface area contributed by atoms with Crippen molar-refractivity contribution < 1.29 is 9.53 Å². The molecule has 1 N–H and O–H groups in total. The predicted octanol–water partition coefficient (Wildman–Crippen LogP) is 3.45. The molecule has 1 aliphatic heterocycles. The lowest BCUT2D eigenvalue weighted by Crippen LogP contribution is -2.41. The van der Waals surface area contributed by atoms with Crippen molar-refractivity contribution in [2.75, 3.05) is 30.4 Å². The number of hydrogen-bond donors (Lipinski definition) is 1. The van der Waals surface area contributed by atoms with Crippen molar-refractivity contribution in [3.63, 3.8) is 0 Å². The fraction of sp³-hybridized carbons (Fsp3) is 0.286. The molecule has 1 aromatic carbocycles. The minimum atomic E-state index is -0.169. The summed E-state index contributed by atoms with van der Waals surface area (Å²) in [5.41, 5.74) is 1.73. The van der Waals surface area contributed by atoms with Crippen LogP contribution in [-0.2, 0) is 4.79 Å². The van der Waals surface area contributed by atoms with Crippen molar-refractivity contribution in [1.29, 1.82) is 0 Å². The second-order valence-electron chi connectivity index (χ2n) is 7.00. The van der Waals surface area contributed by atoms with Gasteiger partial charge in [0.15, 0.2) is 5.82 Å².